The van der Waals surface area contributed by atoms with Gasteiger partial charge < -0.3 is 14.7 Å². The average molecular weight is 886 g/mol. The number of anilines is 9. The molecule has 0 atom stereocenters. The summed E-state index contributed by atoms with van der Waals surface area (Å²) in [5.74, 6) is 0. The molecule has 0 N–H and O–H groups in total. The maximum absolute atomic E-state index is 2.29. The predicted octanol–water partition coefficient (Wildman–Crippen LogP) is 18.6. The third kappa shape index (κ3) is 10.9. The highest BCUT2D eigenvalue weighted by Crippen LogP contribution is 2.37. The minimum atomic E-state index is 1.10. The monoisotopic (exact) mass is 885 g/mol. The zero-order valence-corrected chi connectivity index (χ0v) is 38.3. The van der Waals surface area contributed by atoms with E-state index in [1.807, 2.05) is 0 Å². The largest absolute Gasteiger partial charge is 0.311 e. The van der Waals surface area contributed by atoms with E-state index in [1.54, 1.807) is 0 Å². The van der Waals surface area contributed by atoms with Gasteiger partial charge in [-0.2, -0.15) is 0 Å². The molecule has 10 aromatic carbocycles. The molecule has 69 heavy (non-hydrogen) atoms. The van der Waals surface area contributed by atoms with Crippen molar-refractivity contribution in [2.75, 3.05) is 14.7 Å². The molecule has 0 radical (unpaired) electrons. The van der Waals surface area contributed by atoms with Crippen molar-refractivity contribution in [3.05, 3.63) is 306 Å². The molecule has 330 valence electrons. The van der Waals surface area contributed by atoms with E-state index in [2.05, 4.69) is 324 Å². The third-order valence-corrected chi connectivity index (χ3v) is 11.9. The molecule has 0 bridgehead atoms. The summed E-state index contributed by atoms with van der Waals surface area (Å²) in [5.41, 5.74) is 16.7. The van der Waals surface area contributed by atoms with Gasteiger partial charge in [0.25, 0.3) is 0 Å². The minimum absolute atomic E-state index is 1.10. The van der Waals surface area contributed by atoms with Crippen LogP contribution in [0.1, 0.15) is 33.4 Å². The molecular formula is C66H51N3. The Morgan fingerprint density at radius 2 is 0.319 bits per heavy atom. The number of hydrogen-bond donors (Lipinski definition) is 0. The molecule has 10 rings (SSSR count). The van der Waals surface area contributed by atoms with E-state index in [1.165, 1.54) is 0 Å². The van der Waals surface area contributed by atoms with Gasteiger partial charge in [-0.1, -0.05) is 182 Å². The molecule has 10 aromatic rings. The highest BCUT2D eigenvalue weighted by molar-refractivity contribution is 5.83. The Hall–Kier alpha value is -9.18. The summed E-state index contributed by atoms with van der Waals surface area (Å²) in [4.78, 5) is 6.86. The Balaban J connectivity index is 0.937. The van der Waals surface area contributed by atoms with Gasteiger partial charge in [-0.05, 0) is 161 Å². The molecule has 0 aromatic heterocycles. The number of benzene rings is 10. The highest BCUT2D eigenvalue weighted by atomic mass is 15.2. The standard InChI is InChI=1S/C66H51N3/c1-7-19-58(20-8-1)67(59-21-9-2-10-22-59)64-43-37-52(38-44-64)31-34-55-49-56(35-32-53-39-45-65(46-40-53)68(60-23-11-3-12-24-60)61-25-13-4-14-26-61)51-57(50-55)36-33-54-41-47-66(48-42-54)69(62-27-15-5-16-28-62)63-29-17-6-18-30-63/h1-51H. The van der Waals surface area contributed by atoms with Crippen molar-refractivity contribution < 1.29 is 0 Å². The van der Waals surface area contributed by atoms with Crippen LogP contribution in [0, 0.1) is 0 Å². The van der Waals surface area contributed by atoms with Crippen LogP contribution in [0.25, 0.3) is 36.5 Å². The second-order valence-corrected chi connectivity index (χ2v) is 16.7. The van der Waals surface area contributed by atoms with Gasteiger partial charge in [-0.25, -0.2) is 0 Å². The summed E-state index contributed by atoms with van der Waals surface area (Å²) in [5, 5.41) is 0. The van der Waals surface area contributed by atoms with E-state index in [0.717, 1.165) is 84.6 Å². The number of hydrogen-bond acceptors (Lipinski definition) is 3. The maximum Gasteiger partial charge on any atom is 0.0462 e. The SMILES string of the molecule is C(=Cc1cc(C=Cc2ccc(N(c3ccccc3)c3ccccc3)cc2)cc(C=Cc2ccc(N(c3ccccc3)c3ccccc3)cc2)c1)c1ccc(N(c2ccccc2)c2ccccc2)cc1. The summed E-state index contributed by atoms with van der Waals surface area (Å²) in [6, 6.07) is 96.2. The van der Waals surface area contributed by atoms with Crippen molar-refractivity contribution >= 4 is 87.6 Å². The third-order valence-electron chi connectivity index (χ3n) is 11.9. The molecule has 0 fully saturated rings. The quantitative estimate of drug-likeness (QED) is 0.0950. The van der Waals surface area contributed by atoms with E-state index < -0.39 is 0 Å². The van der Waals surface area contributed by atoms with Crippen LogP contribution in [0.2, 0.25) is 0 Å². The van der Waals surface area contributed by atoms with Gasteiger partial charge in [-0.15, -0.1) is 0 Å². The number of nitrogens with zero attached hydrogens (tertiary/aromatic N) is 3. The maximum atomic E-state index is 2.29. The Kier molecular flexibility index (Phi) is 13.6. The fourth-order valence-electron chi connectivity index (χ4n) is 8.58. The summed E-state index contributed by atoms with van der Waals surface area (Å²) in [7, 11) is 0. The van der Waals surface area contributed by atoms with E-state index in [4.69, 9.17) is 0 Å². The van der Waals surface area contributed by atoms with Gasteiger partial charge in [0.15, 0.2) is 0 Å². The van der Waals surface area contributed by atoms with Gasteiger partial charge in [0.05, 0.1) is 0 Å². The van der Waals surface area contributed by atoms with Crippen molar-refractivity contribution in [1.82, 2.24) is 0 Å². The molecule has 0 aliphatic rings. The molecule has 0 aliphatic carbocycles. The van der Waals surface area contributed by atoms with E-state index >= 15 is 0 Å². The van der Waals surface area contributed by atoms with Crippen LogP contribution in [0.15, 0.2) is 273 Å². The van der Waals surface area contributed by atoms with E-state index in [0.29, 0.717) is 0 Å². The molecule has 0 saturated carbocycles. The number of rotatable bonds is 15. The van der Waals surface area contributed by atoms with Gasteiger partial charge >= 0.3 is 0 Å². The first kappa shape index (κ1) is 43.7. The normalized spacial score (nSPS) is 11.3. The fourth-order valence-corrected chi connectivity index (χ4v) is 8.58. The highest BCUT2D eigenvalue weighted by Gasteiger charge is 2.14. The minimum Gasteiger partial charge on any atom is -0.311 e. The van der Waals surface area contributed by atoms with Crippen LogP contribution in [-0.2, 0) is 0 Å². The van der Waals surface area contributed by atoms with Crippen molar-refractivity contribution in [2.24, 2.45) is 0 Å². The van der Waals surface area contributed by atoms with E-state index in [-0.39, 0.29) is 0 Å². The Morgan fingerprint density at radius 1 is 0.159 bits per heavy atom. The van der Waals surface area contributed by atoms with Crippen LogP contribution < -0.4 is 14.7 Å². The molecule has 0 spiro atoms. The molecular weight excluding hydrogens is 835 g/mol. The Labute approximate surface area is 406 Å². The lowest BCUT2D eigenvalue weighted by molar-refractivity contribution is 1.28. The van der Waals surface area contributed by atoms with Crippen molar-refractivity contribution in [3.8, 4) is 0 Å². The second-order valence-electron chi connectivity index (χ2n) is 16.7. The van der Waals surface area contributed by atoms with Crippen LogP contribution in [0.4, 0.5) is 51.2 Å². The average Bonchev–Trinajstić information content (AvgIpc) is 3.42. The van der Waals surface area contributed by atoms with Crippen LogP contribution >= 0.6 is 0 Å². The first-order chi connectivity index (χ1) is 34.2. The molecule has 3 nitrogen and oxygen atoms in total. The van der Waals surface area contributed by atoms with Crippen molar-refractivity contribution in [2.45, 2.75) is 0 Å². The van der Waals surface area contributed by atoms with Crippen LogP contribution in [-0.4, -0.2) is 0 Å². The Morgan fingerprint density at radius 3 is 0.507 bits per heavy atom. The molecule has 0 amide bonds. The van der Waals surface area contributed by atoms with Crippen molar-refractivity contribution in [3.63, 3.8) is 0 Å². The summed E-state index contributed by atoms with van der Waals surface area (Å²) >= 11 is 0. The summed E-state index contributed by atoms with van der Waals surface area (Å²) in [6.07, 6.45) is 13.2. The molecule has 0 unspecified atom stereocenters. The fraction of sp³-hybridized carbons (Fsp3) is 0. The number of para-hydroxylation sites is 6. The van der Waals surface area contributed by atoms with E-state index in [9.17, 15) is 0 Å². The van der Waals surface area contributed by atoms with Gasteiger partial charge in [0.2, 0.25) is 0 Å². The molecule has 3 heteroatoms. The topological polar surface area (TPSA) is 9.72 Å². The van der Waals surface area contributed by atoms with Crippen LogP contribution in [0.3, 0.4) is 0 Å². The smallest absolute Gasteiger partial charge is 0.0462 e. The lowest BCUT2D eigenvalue weighted by Crippen LogP contribution is -2.09. The molecule has 0 saturated heterocycles. The molecule has 0 aliphatic heterocycles. The van der Waals surface area contributed by atoms with Gasteiger partial charge in [0, 0.05) is 51.2 Å². The van der Waals surface area contributed by atoms with Gasteiger partial charge in [-0.3, -0.25) is 0 Å². The first-order valence-electron chi connectivity index (χ1n) is 23.4. The summed E-state index contributed by atoms with van der Waals surface area (Å²) in [6.45, 7) is 0. The second kappa shape index (κ2) is 21.4. The lowest BCUT2D eigenvalue weighted by Gasteiger charge is -2.25. The lowest BCUT2D eigenvalue weighted by atomic mass is 10.0. The predicted molar refractivity (Wildman–Crippen MR) is 297 cm³/mol. The Bertz CT molecular complexity index is 2770. The van der Waals surface area contributed by atoms with Crippen LogP contribution in [0.5, 0.6) is 0 Å². The van der Waals surface area contributed by atoms with Gasteiger partial charge in [0.1, 0.15) is 0 Å². The molecule has 0 heterocycles. The summed E-state index contributed by atoms with van der Waals surface area (Å²) < 4.78 is 0. The zero-order valence-electron chi connectivity index (χ0n) is 38.3. The zero-order chi connectivity index (χ0) is 46.5. The van der Waals surface area contributed by atoms with Crippen molar-refractivity contribution in [1.29, 1.82) is 0 Å². The first-order valence-corrected chi connectivity index (χ1v) is 23.4.